The largest absolute Gasteiger partial charge is 0.492 e. The molecule has 24 heavy (non-hydrogen) atoms. The van der Waals surface area contributed by atoms with E-state index in [4.69, 9.17) is 9.47 Å². The van der Waals surface area contributed by atoms with Gasteiger partial charge in [-0.05, 0) is 38.3 Å². The summed E-state index contributed by atoms with van der Waals surface area (Å²) in [5.41, 5.74) is 0. The number of aliphatic imine (C=N–C) groups is 1. The van der Waals surface area contributed by atoms with Crippen molar-refractivity contribution in [1.82, 2.24) is 10.6 Å². The second-order valence-corrected chi connectivity index (χ2v) is 5.93. The Morgan fingerprint density at radius 1 is 1.42 bits per heavy atom. The summed E-state index contributed by atoms with van der Waals surface area (Å²) in [5.74, 6) is 1.02. The first-order valence-electron chi connectivity index (χ1n) is 8.33. The minimum Gasteiger partial charge on any atom is -0.492 e. The third-order valence-electron chi connectivity index (χ3n) is 4.20. The molecule has 3 unspecified atom stereocenters. The monoisotopic (exact) mass is 449 g/mol. The molecule has 3 rings (SSSR count). The molecule has 2 aliphatic rings. The van der Waals surface area contributed by atoms with Crippen molar-refractivity contribution in [3.63, 3.8) is 0 Å². The molecule has 2 bridgehead atoms. The highest BCUT2D eigenvalue weighted by atomic mass is 127. The predicted octanol–water partition coefficient (Wildman–Crippen LogP) is 2.70. The van der Waals surface area contributed by atoms with E-state index in [0.717, 1.165) is 25.3 Å². The van der Waals surface area contributed by atoms with Gasteiger partial charge in [0.2, 0.25) is 0 Å². The van der Waals surface area contributed by atoms with Gasteiger partial charge in [0, 0.05) is 12.6 Å². The van der Waals surface area contributed by atoms with E-state index in [0.29, 0.717) is 37.2 Å². The van der Waals surface area contributed by atoms with Crippen LogP contribution in [0.1, 0.15) is 26.2 Å². The first-order valence-corrected chi connectivity index (χ1v) is 8.33. The van der Waals surface area contributed by atoms with Crippen molar-refractivity contribution in [3.8, 4) is 5.75 Å². The molecular weight excluding hydrogens is 424 g/mol. The maximum absolute atomic E-state index is 13.1. The second kappa shape index (κ2) is 9.41. The molecule has 0 saturated carbocycles. The topological polar surface area (TPSA) is 54.9 Å². The lowest BCUT2D eigenvalue weighted by Crippen LogP contribution is -2.47. The Morgan fingerprint density at radius 3 is 2.96 bits per heavy atom. The lowest BCUT2D eigenvalue weighted by atomic mass is 9.96. The van der Waals surface area contributed by atoms with Gasteiger partial charge in [-0.2, -0.15) is 0 Å². The van der Waals surface area contributed by atoms with Gasteiger partial charge < -0.3 is 20.1 Å². The summed E-state index contributed by atoms with van der Waals surface area (Å²) < 4.78 is 24.4. The van der Waals surface area contributed by atoms with Crippen LogP contribution in [0.4, 0.5) is 4.39 Å². The van der Waals surface area contributed by atoms with Crippen molar-refractivity contribution < 1.29 is 13.9 Å². The quantitative estimate of drug-likeness (QED) is 0.304. The van der Waals surface area contributed by atoms with Crippen molar-refractivity contribution in [2.75, 3.05) is 19.7 Å². The fraction of sp³-hybridized carbons (Fsp3) is 0.588. The van der Waals surface area contributed by atoms with Crippen LogP contribution in [-0.2, 0) is 4.74 Å². The Bertz CT molecular complexity index is 558. The van der Waals surface area contributed by atoms with Crippen molar-refractivity contribution in [1.29, 1.82) is 0 Å². The van der Waals surface area contributed by atoms with Crippen LogP contribution in [-0.4, -0.2) is 43.9 Å². The average Bonchev–Trinajstić information content (AvgIpc) is 3.14. The Hall–Kier alpha value is -1.09. The molecule has 0 amide bonds. The highest BCUT2D eigenvalue weighted by molar-refractivity contribution is 14.0. The molecule has 0 aliphatic carbocycles. The smallest absolute Gasteiger partial charge is 0.191 e. The summed E-state index contributed by atoms with van der Waals surface area (Å²) in [5, 5.41) is 6.70. The van der Waals surface area contributed by atoms with Crippen molar-refractivity contribution in [2.45, 2.75) is 44.4 Å². The van der Waals surface area contributed by atoms with E-state index in [2.05, 4.69) is 15.6 Å². The van der Waals surface area contributed by atoms with Crippen LogP contribution in [0.25, 0.3) is 0 Å². The van der Waals surface area contributed by atoms with E-state index < -0.39 is 0 Å². The Kier molecular flexibility index (Phi) is 7.54. The van der Waals surface area contributed by atoms with Crippen LogP contribution in [0.15, 0.2) is 29.3 Å². The first-order chi connectivity index (χ1) is 11.2. The minimum atomic E-state index is -0.294. The van der Waals surface area contributed by atoms with Gasteiger partial charge >= 0.3 is 0 Å². The zero-order valence-corrected chi connectivity index (χ0v) is 16.2. The standard InChI is InChI=1S/C17H24FN3O2.HI/c1-2-19-17(21-15-11-14-6-7-16(15)23-14)20-8-9-22-13-5-3-4-12(18)10-13;/h3-5,10,14-16H,2,6-9,11H2,1H3,(H2,19,20,21);1H. The molecule has 7 heteroatoms. The summed E-state index contributed by atoms with van der Waals surface area (Å²) >= 11 is 0. The third-order valence-corrected chi connectivity index (χ3v) is 4.20. The number of rotatable bonds is 6. The number of nitrogens with one attached hydrogen (secondary N) is 2. The summed E-state index contributed by atoms with van der Waals surface area (Å²) in [6, 6.07) is 6.49. The number of guanidine groups is 1. The predicted molar refractivity (Wildman–Crippen MR) is 103 cm³/mol. The maximum Gasteiger partial charge on any atom is 0.191 e. The zero-order valence-electron chi connectivity index (χ0n) is 13.8. The molecule has 134 valence electrons. The number of halogens is 2. The molecule has 2 fully saturated rings. The van der Waals surface area contributed by atoms with Crippen LogP contribution in [0, 0.1) is 5.82 Å². The molecule has 1 aromatic carbocycles. The second-order valence-electron chi connectivity index (χ2n) is 5.93. The van der Waals surface area contributed by atoms with E-state index in [9.17, 15) is 4.39 Å². The molecule has 2 heterocycles. The molecule has 2 saturated heterocycles. The Labute approximate surface area is 159 Å². The van der Waals surface area contributed by atoms with Gasteiger partial charge in [-0.15, -0.1) is 24.0 Å². The molecule has 0 radical (unpaired) electrons. The molecule has 3 atom stereocenters. The summed E-state index contributed by atoms with van der Waals surface area (Å²) in [6.07, 6.45) is 4.08. The average molecular weight is 449 g/mol. The first kappa shape index (κ1) is 19.2. The SMILES string of the molecule is CCNC(=NCCOc1cccc(F)c1)NC1CC2CCC1O2.I. The molecule has 1 aromatic rings. The minimum absolute atomic E-state index is 0. The van der Waals surface area contributed by atoms with Gasteiger partial charge in [0.05, 0.1) is 24.8 Å². The lowest BCUT2D eigenvalue weighted by Gasteiger charge is -2.22. The van der Waals surface area contributed by atoms with Gasteiger partial charge in [0.25, 0.3) is 0 Å². The molecular formula is C17H25FIN3O2. The van der Waals surface area contributed by atoms with Gasteiger partial charge in [0.1, 0.15) is 18.2 Å². The fourth-order valence-electron chi connectivity index (χ4n) is 3.16. The van der Waals surface area contributed by atoms with Crippen LogP contribution >= 0.6 is 24.0 Å². The van der Waals surface area contributed by atoms with E-state index in [-0.39, 0.29) is 29.8 Å². The van der Waals surface area contributed by atoms with Gasteiger partial charge in [-0.25, -0.2) is 9.38 Å². The highest BCUT2D eigenvalue weighted by Gasteiger charge is 2.41. The zero-order chi connectivity index (χ0) is 16.1. The Balaban J connectivity index is 0.00000208. The van der Waals surface area contributed by atoms with Gasteiger partial charge in [0.15, 0.2) is 5.96 Å². The molecule has 5 nitrogen and oxygen atoms in total. The molecule has 2 aliphatic heterocycles. The number of hydrogen-bond donors (Lipinski definition) is 2. The number of benzene rings is 1. The number of hydrogen-bond acceptors (Lipinski definition) is 3. The fourth-order valence-corrected chi connectivity index (χ4v) is 3.16. The van der Waals surface area contributed by atoms with Gasteiger partial charge in [-0.1, -0.05) is 6.07 Å². The lowest BCUT2D eigenvalue weighted by molar-refractivity contribution is 0.0992. The number of nitrogens with zero attached hydrogens (tertiary/aromatic N) is 1. The van der Waals surface area contributed by atoms with Crippen LogP contribution < -0.4 is 15.4 Å². The summed E-state index contributed by atoms with van der Waals surface area (Å²) in [6.45, 7) is 3.76. The molecule has 0 spiro atoms. The molecule has 0 aromatic heterocycles. The third kappa shape index (κ3) is 5.20. The molecule has 2 N–H and O–H groups in total. The van der Waals surface area contributed by atoms with E-state index >= 15 is 0 Å². The van der Waals surface area contributed by atoms with E-state index in [1.165, 1.54) is 18.6 Å². The van der Waals surface area contributed by atoms with Crippen molar-refractivity contribution in [3.05, 3.63) is 30.1 Å². The van der Waals surface area contributed by atoms with Gasteiger partial charge in [-0.3, -0.25) is 0 Å². The van der Waals surface area contributed by atoms with Crippen LogP contribution in [0.3, 0.4) is 0 Å². The summed E-state index contributed by atoms with van der Waals surface area (Å²) in [4.78, 5) is 4.52. The van der Waals surface area contributed by atoms with E-state index in [1.54, 1.807) is 12.1 Å². The highest BCUT2D eigenvalue weighted by Crippen LogP contribution is 2.34. The Morgan fingerprint density at radius 2 is 2.29 bits per heavy atom. The summed E-state index contributed by atoms with van der Waals surface area (Å²) in [7, 11) is 0. The van der Waals surface area contributed by atoms with Crippen LogP contribution in [0.5, 0.6) is 5.75 Å². The number of fused-ring (bicyclic) bond motifs is 2. The normalized spacial score (nSPS) is 25.2. The maximum atomic E-state index is 13.1. The van der Waals surface area contributed by atoms with Crippen LogP contribution in [0.2, 0.25) is 0 Å². The van der Waals surface area contributed by atoms with Crippen molar-refractivity contribution in [2.24, 2.45) is 4.99 Å². The van der Waals surface area contributed by atoms with E-state index in [1.807, 2.05) is 6.92 Å². The van der Waals surface area contributed by atoms with Crippen molar-refractivity contribution >= 4 is 29.9 Å². The number of ether oxygens (including phenoxy) is 2.